The van der Waals surface area contributed by atoms with Crippen molar-refractivity contribution in [3.63, 3.8) is 0 Å². The first-order chi connectivity index (χ1) is 16.4. The van der Waals surface area contributed by atoms with Crippen LogP contribution in [0.15, 0.2) is 36.4 Å². The molecule has 0 aliphatic carbocycles. The zero-order valence-corrected chi connectivity index (χ0v) is 21.9. The van der Waals surface area contributed by atoms with Crippen LogP contribution in [0.3, 0.4) is 0 Å². The lowest BCUT2D eigenvalue weighted by Gasteiger charge is -2.37. The van der Waals surface area contributed by atoms with Crippen LogP contribution in [-0.2, 0) is 9.53 Å². The van der Waals surface area contributed by atoms with Crippen molar-refractivity contribution in [2.75, 3.05) is 26.3 Å². The molecule has 3 rings (SSSR count). The number of aliphatic carboxylic acids is 1. The van der Waals surface area contributed by atoms with Crippen LogP contribution in [0.2, 0.25) is 10.0 Å². The van der Waals surface area contributed by atoms with E-state index in [2.05, 4.69) is 0 Å². The fraction of sp³-hybridized carbons (Fsp3) is 0.462. The van der Waals surface area contributed by atoms with E-state index in [0.29, 0.717) is 34.5 Å². The number of carboxylic acids is 1. The van der Waals surface area contributed by atoms with E-state index in [9.17, 15) is 14.7 Å². The van der Waals surface area contributed by atoms with Crippen LogP contribution in [0.4, 0.5) is 4.79 Å². The lowest BCUT2D eigenvalue weighted by Crippen LogP contribution is -2.47. The van der Waals surface area contributed by atoms with Gasteiger partial charge in [0, 0.05) is 19.0 Å². The van der Waals surface area contributed by atoms with Crippen molar-refractivity contribution >= 4 is 35.3 Å². The Labute approximate surface area is 215 Å². The Bertz CT molecular complexity index is 1030. The smallest absolute Gasteiger partial charge is 0.410 e. The highest BCUT2D eigenvalue weighted by atomic mass is 35.5. The second-order valence-corrected chi connectivity index (χ2v) is 10.4. The molecule has 0 bridgehead atoms. The molecule has 35 heavy (non-hydrogen) atoms. The molecule has 1 aliphatic rings. The predicted octanol–water partition coefficient (Wildman–Crippen LogP) is 6.18. The van der Waals surface area contributed by atoms with Crippen molar-refractivity contribution < 1.29 is 28.9 Å². The summed E-state index contributed by atoms with van der Waals surface area (Å²) in [6.07, 6.45) is 0.0452. The molecular formula is C26H31Cl2NO6. The van der Waals surface area contributed by atoms with E-state index in [1.165, 1.54) is 4.90 Å². The van der Waals surface area contributed by atoms with E-state index in [4.69, 9.17) is 37.4 Å². The van der Waals surface area contributed by atoms with Crippen LogP contribution >= 0.6 is 23.2 Å². The van der Waals surface area contributed by atoms with Crippen molar-refractivity contribution in [2.45, 2.75) is 45.6 Å². The number of nitrogens with zero attached hydrogens (tertiary/aromatic N) is 1. The minimum absolute atomic E-state index is 0.106. The lowest BCUT2D eigenvalue weighted by atomic mass is 9.80. The van der Waals surface area contributed by atoms with Gasteiger partial charge >= 0.3 is 12.1 Å². The zero-order valence-electron chi connectivity index (χ0n) is 20.3. The molecule has 0 spiro atoms. The number of rotatable bonds is 7. The number of ether oxygens (including phenoxy) is 3. The summed E-state index contributed by atoms with van der Waals surface area (Å²) in [5, 5.41) is 10.7. The van der Waals surface area contributed by atoms with Crippen molar-refractivity contribution in [3.05, 3.63) is 57.6 Å². The molecule has 7 nitrogen and oxygen atoms in total. The third kappa shape index (κ3) is 7.42. The Morgan fingerprint density at radius 1 is 1.06 bits per heavy atom. The van der Waals surface area contributed by atoms with Gasteiger partial charge in [-0.2, -0.15) is 0 Å². The van der Waals surface area contributed by atoms with Gasteiger partial charge < -0.3 is 24.2 Å². The number of carbonyl (C=O) groups excluding carboxylic acids is 1. The SMILES string of the molecule is Cc1cc(Cl)c(OCCOc2ccc(C3CCN(C(=O)OC(C)(C)C)CC3C(=O)O)cc2)c(Cl)c1. The van der Waals surface area contributed by atoms with Gasteiger partial charge in [0.2, 0.25) is 0 Å². The number of benzene rings is 2. The average molecular weight is 524 g/mol. The summed E-state index contributed by atoms with van der Waals surface area (Å²) in [6.45, 7) is 8.34. The Morgan fingerprint density at radius 3 is 2.23 bits per heavy atom. The van der Waals surface area contributed by atoms with Crippen LogP contribution in [0.5, 0.6) is 11.5 Å². The first-order valence-electron chi connectivity index (χ1n) is 11.5. The Morgan fingerprint density at radius 2 is 1.66 bits per heavy atom. The Balaban J connectivity index is 1.56. The van der Waals surface area contributed by atoms with Crippen molar-refractivity contribution in [1.82, 2.24) is 4.90 Å². The largest absolute Gasteiger partial charge is 0.490 e. The molecular weight excluding hydrogens is 493 g/mol. The van der Waals surface area contributed by atoms with Crippen molar-refractivity contribution in [2.24, 2.45) is 5.92 Å². The topological polar surface area (TPSA) is 85.3 Å². The number of carbonyl (C=O) groups is 2. The summed E-state index contributed by atoms with van der Waals surface area (Å²) in [5.74, 6) is -0.809. The molecule has 1 N–H and O–H groups in total. The van der Waals surface area contributed by atoms with Crippen LogP contribution in [0.1, 0.15) is 44.2 Å². The third-order valence-electron chi connectivity index (χ3n) is 5.63. The molecule has 190 valence electrons. The summed E-state index contributed by atoms with van der Waals surface area (Å²) in [4.78, 5) is 25.9. The Hall–Kier alpha value is -2.64. The fourth-order valence-electron chi connectivity index (χ4n) is 4.03. The molecule has 2 unspecified atom stereocenters. The monoisotopic (exact) mass is 523 g/mol. The molecule has 1 heterocycles. The quantitative estimate of drug-likeness (QED) is 0.435. The summed E-state index contributed by atoms with van der Waals surface area (Å²) >= 11 is 12.4. The highest BCUT2D eigenvalue weighted by molar-refractivity contribution is 6.37. The van der Waals surface area contributed by atoms with E-state index < -0.39 is 23.6 Å². The third-order valence-corrected chi connectivity index (χ3v) is 6.19. The van der Waals surface area contributed by atoms with E-state index in [-0.39, 0.29) is 25.7 Å². The molecule has 0 aromatic heterocycles. The maximum absolute atomic E-state index is 12.4. The van der Waals surface area contributed by atoms with E-state index in [0.717, 1.165) is 11.1 Å². The van der Waals surface area contributed by atoms with Crippen LogP contribution in [0.25, 0.3) is 0 Å². The lowest BCUT2D eigenvalue weighted by molar-refractivity contribution is -0.144. The van der Waals surface area contributed by atoms with Gasteiger partial charge in [-0.3, -0.25) is 4.79 Å². The Kier molecular flexibility index (Phi) is 8.78. The molecule has 2 aromatic carbocycles. The summed E-state index contributed by atoms with van der Waals surface area (Å²) in [6, 6.07) is 10.9. The van der Waals surface area contributed by atoms with Gasteiger partial charge in [-0.05, 0) is 69.5 Å². The fourth-order valence-corrected chi connectivity index (χ4v) is 4.74. The molecule has 0 radical (unpaired) electrons. The van der Waals surface area contributed by atoms with Crippen LogP contribution < -0.4 is 9.47 Å². The molecule has 0 saturated carbocycles. The predicted molar refractivity (Wildman–Crippen MR) is 135 cm³/mol. The van der Waals surface area contributed by atoms with Crippen molar-refractivity contribution in [1.29, 1.82) is 0 Å². The zero-order chi connectivity index (χ0) is 25.8. The number of amides is 1. The number of hydrogen-bond donors (Lipinski definition) is 1. The normalized spacial score (nSPS) is 18.2. The van der Waals surface area contributed by atoms with Gasteiger partial charge in [0.1, 0.15) is 24.6 Å². The maximum atomic E-state index is 12.4. The second kappa shape index (κ2) is 11.4. The first-order valence-corrected chi connectivity index (χ1v) is 12.2. The minimum Gasteiger partial charge on any atom is -0.490 e. The van der Waals surface area contributed by atoms with E-state index in [1.54, 1.807) is 45.0 Å². The van der Waals surface area contributed by atoms with Crippen molar-refractivity contribution in [3.8, 4) is 11.5 Å². The van der Waals surface area contributed by atoms with Gasteiger partial charge in [0.25, 0.3) is 0 Å². The second-order valence-electron chi connectivity index (χ2n) is 9.59. The molecule has 1 aliphatic heterocycles. The van der Waals surface area contributed by atoms with Gasteiger partial charge in [0.15, 0.2) is 5.75 Å². The molecule has 2 atom stereocenters. The van der Waals surface area contributed by atoms with Crippen LogP contribution in [0, 0.1) is 12.8 Å². The number of aryl methyl sites for hydroxylation is 1. The molecule has 2 aromatic rings. The molecule has 1 amide bonds. The molecule has 1 fully saturated rings. The van der Waals surface area contributed by atoms with Crippen LogP contribution in [-0.4, -0.2) is 54.0 Å². The first kappa shape index (κ1) is 27.0. The minimum atomic E-state index is -0.936. The number of likely N-dealkylation sites (tertiary alicyclic amines) is 1. The molecule has 1 saturated heterocycles. The highest BCUT2D eigenvalue weighted by Crippen LogP contribution is 2.35. The number of hydrogen-bond acceptors (Lipinski definition) is 5. The maximum Gasteiger partial charge on any atom is 0.410 e. The van der Waals surface area contributed by atoms with Gasteiger partial charge in [-0.15, -0.1) is 0 Å². The van der Waals surface area contributed by atoms with Gasteiger partial charge in [-0.25, -0.2) is 4.79 Å². The van der Waals surface area contributed by atoms with Gasteiger partial charge in [0.05, 0.1) is 16.0 Å². The summed E-state index contributed by atoms with van der Waals surface area (Å²) in [5.41, 5.74) is 1.21. The number of halogens is 2. The highest BCUT2D eigenvalue weighted by Gasteiger charge is 2.38. The average Bonchev–Trinajstić information content (AvgIpc) is 2.76. The summed E-state index contributed by atoms with van der Waals surface area (Å²) < 4.78 is 16.8. The van der Waals surface area contributed by atoms with Gasteiger partial charge in [-0.1, -0.05) is 35.3 Å². The molecule has 9 heteroatoms. The van der Waals surface area contributed by atoms with E-state index in [1.807, 2.05) is 19.1 Å². The van der Waals surface area contributed by atoms with E-state index >= 15 is 0 Å². The summed E-state index contributed by atoms with van der Waals surface area (Å²) in [7, 11) is 0. The number of carboxylic acid groups (broad SMARTS) is 1. The number of piperidine rings is 1. The standard InChI is InChI=1S/C26H31Cl2NO6/c1-16-13-21(27)23(22(28)14-16)34-12-11-33-18-7-5-17(6-8-18)19-9-10-29(15-20(19)24(30)31)25(32)35-26(2,3)4/h5-8,13-14,19-20H,9-12,15H2,1-4H3,(H,30,31).